The monoisotopic (exact) mass is 689 g/mol. The molecule has 10 rings (SSSR count). The van der Waals surface area contributed by atoms with E-state index in [2.05, 4.69) is 181 Å². The van der Waals surface area contributed by atoms with Crippen molar-refractivity contribution in [3.8, 4) is 33.4 Å². The van der Waals surface area contributed by atoms with Crippen molar-refractivity contribution in [2.45, 2.75) is 12.5 Å². The lowest BCUT2D eigenvalue weighted by Crippen LogP contribution is -2.17. The molecule has 8 aromatic carbocycles. The number of hydrogen-bond acceptors (Lipinski definition) is 3. The molecule has 1 aliphatic heterocycles. The molecular formula is C51H35N3. The molecule has 1 aliphatic rings. The first-order valence-electron chi connectivity index (χ1n) is 18.5. The highest BCUT2D eigenvalue weighted by atomic mass is 15.0. The Balaban J connectivity index is 1.07. The zero-order chi connectivity index (χ0) is 35.8. The van der Waals surface area contributed by atoms with E-state index >= 15 is 0 Å². The maximum Gasteiger partial charge on any atom is 0.155 e. The summed E-state index contributed by atoms with van der Waals surface area (Å²) >= 11 is 0. The predicted octanol–water partition coefficient (Wildman–Crippen LogP) is 12.9. The molecule has 54 heavy (non-hydrogen) atoms. The Morgan fingerprint density at radius 1 is 0.370 bits per heavy atom. The van der Waals surface area contributed by atoms with Crippen LogP contribution >= 0.6 is 0 Å². The standard InChI is InChI=1S/C51H35N3/c1-2-11-34(12-3-1)35-22-24-36(25-23-35)49-32-50(40-15-8-14-38(29-40)42-17-10-28-52-33-42)54-51(53-49)41-16-9-13-37(30-41)39-26-27-47-45-20-5-4-18-43(45)44-19-6-7-21-46(44)48(47)31-39/h1-31,33,50H,32H2. The molecule has 3 heteroatoms. The van der Waals surface area contributed by atoms with Gasteiger partial charge in [0.15, 0.2) is 5.84 Å². The summed E-state index contributed by atoms with van der Waals surface area (Å²) in [6, 6.07) is 65.1. The van der Waals surface area contributed by atoms with Crippen LogP contribution in [0.4, 0.5) is 0 Å². The van der Waals surface area contributed by atoms with Crippen molar-refractivity contribution in [1.82, 2.24) is 4.98 Å². The van der Waals surface area contributed by atoms with Gasteiger partial charge in [-0.3, -0.25) is 9.98 Å². The second-order valence-corrected chi connectivity index (χ2v) is 14.0. The number of hydrogen-bond donors (Lipinski definition) is 0. The van der Waals surface area contributed by atoms with Crippen molar-refractivity contribution >= 4 is 43.9 Å². The predicted molar refractivity (Wildman–Crippen MR) is 226 cm³/mol. The average molecular weight is 690 g/mol. The molecule has 1 atom stereocenters. The van der Waals surface area contributed by atoms with Crippen molar-refractivity contribution in [3.63, 3.8) is 0 Å². The first kappa shape index (κ1) is 31.7. The molecule has 3 nitrogen and oxygen atoms in total. The van der Waals surface area contributed by atoms with Crippen molar-refractivity contribution in [2.75, 3.05) is 0 Å². The molecule has 9 aromatic rings. The largest absolute Gasteiger partial charge is 0.264 e. The van der Waals surface area contributed by atoms with E-state index in [0.717, 1.165) is 44.9 Å². The van der Waals surface area contributed by atoms with Crippen LogP contribution in [0.25, 0.3) is 65.7 Å². The molecule has 0 saturated carbocycles. The fourth-order valence-electron chi connectivity index (χ4n) is 7.96. The number of aromatic nitrogens is 1. The number of nitrogens with zero attached hydrogens (tertiary/aromatic N) is 3. The normalized spacial score (nSPS) is 14.3. The number of fused-ring (bicyclic) bond motifs is 6. The maximum absolute atomic E-state index is 5.37. The number of amidine groups is 1. The van der Waals surface area contributed by atoms with Gasteiger partial charge in [0, 0.05) is 24.4 Å². The Bertz CT molecular complexity index is 2860. The third kappa shape index (κ3) is 5.86. The fraction of sp³-hybridized carbons (Fsp3) is 0.0392. The molecule has 0 N–H and O–H groups in total. The maximum atomic E-state index is 5.37. The molecule has 0 saturated heterocycles. The SMILES string of the molecule is c1ccc(-c2ccc(C3=NC(c4cccc(-c5ccc6c7ccccc7c7ccccc7c6c5)c4)=NC(c4cccc(-c5cccnc5)c4)C3)cc2)cc1. The Kier molecular flexibility index (Phi) is 7.96. The van der Waals surface area contributed by atoms with E-state index in [-0.39, 0.29) is 6.04 Å². The van der Waals surface area contributed by atoms with Gasteiger partial charge >= 0.3 is 0 Å². The van der Waals surface area contributed by atoms with Gasteiger partial charge in [0.05, 0.1) is 11.8 Å². The summed E-state index contributed by atoms with van der Waals surface area (Å²) in [6.07, 6.45) is 4.43. The summed E-state index contributed by atoms with van der Waals surface area (Å²) in [4.78, 5) is 15.0. The molecule has 2 heterocycles. The average Bonchev–Trinajstić information content (AvgIpc) is 3.27. The quantitative estimate of drug-likeness (QED) is 0.160. The van der Waals surface area contributed by atoms with E-state index < -0.39 is 0 Å². The van der Waals surface area contributed by atoms with Gasteiger partial charge in [-0.25, -0.2) is 4.99 Å². The van der Waals surface area contributed by atoms with Crippen molar-refractivity contribution in [2.24, 2.45) is 9.98 Å². The first-order chi connectivity index (χ1) is 26.7. The first-order valence-corrected chi connectivity index (χ1v) is 18.5. The van der Waals surface area contributed by atoms with Crippen LogP contribution in [0.3, 0.4) is 0 Å². The van der Waals surface area contributed by atoms with Crippen molar-refractivity contribution < 1.29 is 0 Å². The zero-order valence-electron chi connectivity index (χ0n) is 29.6. The van der Waals surface area contributed by atoms with E-state index in [1.165, 1.54) is 49.0 Å². The lowest BCUT2D eigenvalue weighted by molar-refractivity contribution is 0.754. The van der Waals surface area contributed by atoms with Crippen LogP contribution in [0.5, 0.6) is 0 Å². The molecule has 0 spiro atoms. The van der Waals surface area contributed by atoms with Crippen LogP contribution in [0.15, 0.2) is 204 Å². The summed E-state index contributed by atoms with van der Waals surface area (Å²) in [6.45, 7) is 0. The van der Waals surface area contributed by atoms with Crippen molar-refractivity contribution in [1.29, 1.82) is 0 Å². The van der Waals surface area contributed by atoms with Crippen LogP contribution in [0.1, 0.15) is 29.2 Å². The van der Waals surface area contributed by atoms with Crippen molar-refractivity contribution in [3.05, 3.63) is 211 Å². The van der Waals surface area contributed by atoms with E-state index in [4.69, 9.17) is 9.98 Å². The van der Waals surface area contributed by atoms with Crippen LogP contribution in [-0.2, 0) is 0 Å². The van der Waals surface area contributed by atoms with Gasteiger partial charge < -0.3 is 0 Å². The van der Waals surface area contributed by atoms with Gasteiger partial charge in [-0.15, -0.1) is 0 Å². The minimum atomic E-state index is -0.0955. The van der Waals surface area contributed by atoms with E-state index in [9.17, 15) is 0 Å². The molecule has 0 radical (unpaired) electrons. The Hall–Kier alpha value is -6.97. The second kappa shape index (κ2) is 13.5. The third-order valence-electron chi connectivity index (χ3n) is 10.7. The molecule has 0 aliphatic carbocycles. The van der Waals surface area contributed by atoms with Gasteiger partial charge in [-0.05, 0) is 101 Å². The summed E-state index contributed by atoms with van der Waals surface area (Å²) in [5.41, 5.74) is 11.2. The van der Waals surface area contributed by atoms with Crippen LogP contribution in [0.2, 0.25) is 0 Å². The lowest BCUT2D eigenvalue weighted by atomic mass is 9.91. The van der Waals surface area contributed by atoms with Gasteiger partial charge in [-0.1, -0.05) is 158 Å². The molecule has 1 aromatic heterocycles. The fourth-order valence-corrected chi connectivity index (χ4v) is 7.96. The summed E-state index contributed by atoms with van der Waals surface area (Å²) in [5, 5.41) is 7.64. The van der Waals surface area contributed by atoms with Gasteiger partial charge in [0.25, 0.3) is 0 Å². The number of rotatable bonds is 6. The van der Waals surface area contributed by atoms with E-state index in [0.29, 0.717) is 6.42 Å². The smallest absolute Gasteiger partial charge is 0.155 e. The minimum Gasteiger partial charge on any atom is -0.264 e. The van der Waals surface area contributed by atoms with Gasteiger partial charge in [-0.2, -0.15) is 0 Å². The zero-order valence-corrected chi connectivity index (χ0v) is 29.6. The summed E-state index contributed by atoms with van der Waals surface area (Å²) < 4.78 is 0. The summed E-state index contributed by atoms with van der Waals surface area (Å²) in [7, 11) is 0. The lowest BCUT2D eigenvalue weighted by Gasteiger charge is -2.22. The molecule has 0 fully saturated rings. The second-order valence-electron chi connectivity index (χ2n) is 14.0. The topological polar surface area (TPSA) is 37.6 Å². The van der Waals surface area contributed by atoms with Gasteiger partial charge in [0.1, 0.15) is 0 Å². The van der Waals surface area contributed by atoms with Gasteiger partial charge in [0.2, 0.25) is 0 Å². The minimum absolute atomic E-state index is 0.0955. The van der Waals surface area contributed by atoms with Crippen LogP contribution < -0.4 is 0 Å². The highest BCUT2D eigenvalue weighted by Crippen LogP contribution is 2.38. The number of pyridine rings is 1. The molecular weight excluding hydrogens is 655 g/mol. The summed E-state index contributed by atoms with van der Waals surface area (Å²) in [5.74, 6) is 0.749. The molecule has 1 unspecified atom stereocenters. The number of benzene rings is 8. The highest BCUT2D eigenvalue weighted by molar-refractivity contribution is 6.25. The Morgan fingerprint density at radius 3 is 1.63 bits per heavy atom. The van der Waals surface area contributed by atoms with E-state index in [1.807, 2.05) is 18.5 Å². The van der Waals surface area contributed by atoms with Crippen LogP contribution in [-0.4, -0.2) is 16.5 Å². The third-order valence-corrected chi connectivity index (χ3v) is 10.7. The molecule has 0 amide bonds. The Labute approximate surface area is 314 Å². The van der Waals surface area contributed by atoms with Crippen LogP contribution in [0, 0.1) is 0 Å². The Morgan fingerprint density at radius 2 is 0.907 bits per heavy atom. The molecule has 254 valence electrons. The highest BCUT2D eigenvalue weighted by Gasteiger charge is 2.23. The molecule has 0 bridgehead atoms. The van der Waals surface area contributed by atoms with E-state index in [1.54, 1.807) is 0 Å². The number of aliphatic imine (C=N–C) groups is 2.